The monoisotopic (exact) mass is 444 g/mol. The molecule has 0 bridgehead atoms. The molecule has 3 amide bonds. The van der Waals surface area contributed by atoms with Crippen molar-refractivity contribution in [1.29, 1.82) is 0 Å². The Kier molecular flexibility index (Phi) is 6.94. The molecule has 0 spiro atoms. The molecular weight excluding hydrogens is 420 g/mol. The lowest BCUT2D eigenvalue weighted by Crippen LogP contribution is -2.38. The van der Waals surface area contributed by atoms with Gasteiger partial charge in [-0.1, -0.05) is 24.3 Å². The highest BCUT2D eigenvalue weighted by atomic mass is 16.5. The number of carbonyl (C=O) groups is 3. The lowest BCUT2D eigenvalue weighted by Gasteiger charge is -2.29. The van der Waals surface area contributed by atoms with Gasteiger partial charge >= 0.3 is 0 Å². The molecule has 0 radical (unpaired) electrons. The Hall–Kier alpha value is -4.20. The zero-order valence-corrected chi connectivity index (χ0v) is 18.0. The fourth-order valence-electron chi connectivity index (χ4n) is 3.54. The van der Waals surface area contributed by atoms with Crippen LogP contribution in [0.5, 0.6) is 5.75 Å². The Labute approximate surface area is 191 Å². The van der Waals surface area contributed by atoms with Crippen LogP contribution in [0.15, 0.2) is 73.1 Å². The van der Waals surface area contributed by atoms with Crippen molar-refractivity contribution < 1.29 is 19.1 Å². The molecule has 2 aromatic carbocycles. The zero-order valence-electron chi connectivity index (χ0n) is 18.0. The van der Waals surface area contributed by atoms with E-state index in [4.69, 9.17) is 4.74 Å². The predicted octanol–water partition coefficient (Wildman–Crippen LogP) is 3.16. The van der Waals surface area contributed by atoms with Crippen molar-refractivity contribution in [1.82, 2.24) is 10.3 Å². The van der Waals surface area contributed by atoms with Gasteiger partial charge in [-0.05, 0) is 42.0 Å². The summed E-state index contributed by atoms with van der Waals surface area (Å²) >= 11 is 0. The van der Waals surface area contributed by atoms with E-state index in [-0.39, 0.29) is 30.6 Å². The summed E-state index contributed by atoms with van der Waals surface area (Å²) < 4.78 is 5.57. The summed E-state index contributed by atoms with van der Waals surface area (Å²) in [7, 11) is 0. The molecule has 168 valence electrons. The number of nitrogens with one attached hydrogen (secondary N) is 2. The smallest absolute Gasteiger partial charge is 0.255 e. The van der Waals surface area contributed by atoms with E-state index >= 15 is 0 Å². The minimum Gasteiger partial charge on any atom is -0.490 e. The lowest BCUT2D eigenvalue weighted by molar-refractivity contribution is -0.125. The molecule has 4 rings (SSSR count). The Morgan fingerprint density at radius 2 is 1.79 bits per heavy atom. The van der Waals surface area contributed by atoms with E-state index in [0.717, 1.165) is 11.3 Å². The fraction of sp³-hybridized carbons (Fsp3) is 0.200. The highest BCUT2D eigenvalue weighted by Crippen LogP contribution is 2.31. The number of amides is 3. The minimum atomic E-state index is -0.234. The third-order valence-electron chi connectivity index (χ3n) is 5.21. The van der Waals surface area contributed by atoms with Crippen molar-refractivity contribution in [2.45, 2.75) is 19.4 Å². The van der Waals surface area contributed by atoms with Gasteiger partial charge < -0.3 is 20.3 Å². The number of carbonyl (C=O) groups excluding carboxylic acids is 3. The van der Waals surface area contributed by atoms with Crippen molar-refractivity contribution in [2.75, 3.05) is 23.4 Å². The standard InChI is InChI=1S/C25H24N4O4/c30-23(8-9-24(31)29-14-15-33-22-7-2-1-6-21(22)29)27-17-18-4-3-5-20(16-18)28-25(32)19-10-12-26-13-11-19/h1-7,10-13,16H,8-9,14-15,17H2,(H,27,30)(H,28,32). The average Bonchev–Trinajstić information content (AvgIpc) is 2.86. The number of benzene rings is 2. The first-order valence-corrected chi connectivity index (χ1v) is 10.7. The van der Waals surface area contributed by atoms with Crippen LogP contribution in [0.2, 0.25) is 0 Å². The third-order valence-corrected chi connectivity index (χ3v) is 5.21. The third kappa shape index (κ3) is 5.74. The van der Waals surface area contributed by atoms with Crippen LogP contribution in [-0.2, 0) is 16.1 Å². The van der Waals surface area contributed by atoms with E-state index in [0.29, 0.717) is 36.7 Å². The summed E-state index contributed by atoms with van der Waals surface area (Å²) in [5.74, 6) is 0.122. The molecule has 1 aliphatic heterocycles. The Balaban J connectivity index is 1.26. The molecule has 0 saturated heterocycles. The van der Waals surface area contributed by atoms with Crippen molar-refractivity contribution in [3.63, 3.8) is 0 Å². The first-order chi connectivity index (χ1) is 16.1. The quantitative estimate of drug-likeness (QED) is 0.583. The van der Waals surface area contributed by atoms with Crippen molar-refractivity contribution in [3.8, 4) is 5.75 Å². The van der Waals surface area contributed by atoms with Gasteiger partial charge in [-0.2, -0.15) is 0 Å². The molecule has 0 saturated carbocycles. The minimum absolute atomic E-state index is 0.0941. The zero-order chi connectivity index (χ0) is 23.0. The number of anilines is 2. The number of para-hydroxylation sites is 2. The maximum Gasteiger partial charge on any atom is 0.255 e. The second-order valence-corrected chi connectivity index (χ2v) is 7.53. The molecule has 0 fully saturated rings. The Bertz CT molecular complexity index is 1150. The van der Waals surface area contributed by atoms with Crippen LogP contribution in [-0.4, -0.2) is 35.9 Å². The van der Waals surface area contributed by atoms with Crippen LogP contribution in [0.1, 0.15) is 28.8 Å². The summed E-state index contributed by atoms with van der Waals surface area (Å²) in [6.45, 7) is 1.20. The second-order valence-electron chi connectivity index (χ2n) is 7.53. The van der Waals surface area contributed by atoms with Crippen molar-refractivity contribution in [2.24, 2.45) is 0 Å². The van der Waals surface area contributed by atoms with Gasteiger partial charge in [0.2, 0.25) is 11.8 Å². The Morgan fingerprint density at radius 3 is 2.64 bits per heavy atom. The van der Waals surface area contributed by atoms with Gasteiger partial charge in [0, 0.05) is 43.0 Å². The number of aromatic nitrogens is 1. The lowest BCUT2D eigenvalue weighted by atomic mass is 10.1. The van der Waals surface area contributed by atoms with Gasteiger partial charge in [-0.25, -0.2) is 0 Å². The summed E-state index contributed by atoms with van der Waals surface area (Å²) in [4.78, 5) is 42.8. The largest absolute Gasteiger partial charge is 0.490 e. The summed E-state index contributed by atoms with van der Waals surface area (Å²) in [6.07, 6.45) is 3.33. The number of rotatable bonds is 7. The van der Waals surface area contributed by atoms with Gasteiger partial charge in [0.1, 0.15) is 12.4 Å². The molecule has 2 heterocycles. The number of hydrogen-bond donors (Lipinski definition) is 2. The molecule has 3 aromatic rings. The molecule has 1 aliphatic rings. The second kappa shape index (κ2) is 10.4. The fourth-order valence-corrected chi connectivity index (χ4v) is 3.54. The SMILES string of the molecule is O=C(CCC(=O)N1CCOc2ccccc21)NCc1cccc(NC(=O)c2ccncc2)c1. The molecule has 0 atom stereocenters. The van der Waals surface area contributed by atoms with Gasteiger partial charge in [-0.3, -0.25) is 19.4 Å². The number of hydrogen-bond acceptors (Lipinski definition) is 5. The average molecular weight is 444 g/mol. The number of pyridine rings is 1. The molecule has 8 heteroatoms. The summed E-state index contributed by atoms with van der Waals surface area (Å²) in [5.41, 5.74) is 2.71. The predicted molar refractivity (Wildman–Crippen MR) is 124 cm³/mol. The van der Waals surface area contributed by atoms with Gasteiger partial charge in [0.15, 0.2) is 0 Å². The summed E-state index contributed by atoms with van der Waals surface area (Å²) in [6, 6.07) is 17.9. The highest BCUT2D eigenvalue weighted by Gasteiger charge is 2.23. The molecule has 1 aromatic heterocycles. The van der Waals surface area contributed by atoms with Gasteiger partial charge in [0.25, 0.3) is 5.91 Å². The molecule has 2 N–H and O–H groups in total. The van der Waals surface area contributed by atoms with E-state index in [2.05, 4.69) is 15.6 Å². The van der Waals surface area contributed by atoms with Crippen LogP contribution < -0.4 is 20.3 Å². The highest BCUT2D eigenvalue weighted by molar-refractivity contribution is 6.04. The van der Waals surface area contributed by atoms with Crippen molar-refractivity contribution in [3.05, 3.63) is 84.2 Å². The maximum absolute atomic E-state index is 12.7. The number of ether oxygens (including phenoxy) is 1. The van der Waals surface area contributed by atoms with Crippen LogP contribution in [0.25, 0.3) is 0 Å². The van der Waals surface area contributed by atoms with Crippen LogP contribution in [0.4, 0.5) is 11.4 Å². The van der Waals surface area contributed by atoms with E-state index < -0.39 is 0 Å². The maximum atomic E-state index is 12.7. The molecule has 0 aliphatic carbocycles. The van der Waals surface area contributed by atoms with Crippen LogP contribution >= 0.6 is 0 Å². The molecule has 8 nitrogen and oxygen atoms in total. The van der Waals surface area contributed by atoms with E-state index in [1.54, 1.807) is 41.6 Å². The topological polar surface area (TPSA) is 101 Å². The first kappa shape index (κ1) is 22.0. The van der Waals surface area contributed by atoms with Crippen LogP contribution in [0, 0.1) is 0 Å². The molecule has 0 unspecified atom stereocenters. The van der Waals surface area contributed by atoms with Crippen LogP contribution in [0.3, 0.4) is 0 Å². The summed E-state index contributed by atoms with van der Waals surface area (Å²) in [5, 5.41) is 5.66. The molecular formula is C25H24N4O4. The van der Waals surface area contributed by atoms with Gasteiger partial charge in [0.05, 0.1) is 12.2 Å². The number of fused-ring (bicyclic) bond motifs is 1. The van der Waals surface area contributed by atoms with E-state index in [9.17, 15) is 14.4 Å². The first-order valence-electron chi connectivity index (χ1n) is 10.7. The van der Waals surface area contributed by atoms with E-state index in [1.807, 2.05) is 36.4 Å². The van der Waals surface area contributed by atoms with E-state index in [1.165, 1.54) is 0 Å². The normalized spacial score (nSPS) is 12.3. The molecule has 33 heavy (non-hydrogen) atoms. The van der Waals surface area contributed by atoms with Gasteiger partial charge in [-0.15, -0.1) is 0 Å². The Morgan fingerprint density at radius 1 is 0.970 bits per heavy atom. The number of nitrogens with zero attached hydrogens (tertiary/aromatic N) is 2. The van der Waals surface area contributed by atoms with Crippen molar-refractivity contribution >= 4 is 29.1 Å².